The molecule has 21 heavy (non-hydrogen) atoms. The molecule has 0 saturated carbocycles. The van der Waals surface area contributed by atoms with Gasteiger partial charge in [-0.15, -0.1) is 0 Å². The predicted molar refractivity (Wildman–Crippen MR) is 79.3 cm³/mol. The first-order valence-corrected chi connectivity index (χ1v) is 6.93. The van der Waals surface area contributed by atoms with E-state index in [0.29, 0.717) is 18.8 Å². The Hall–Kier alpha value is -2.38. The number of nitrogens with one attached hydrogen (secondary N) is 2. The third-order valence-corrected chi connectivity index (χ3v) is 3.37. The minimum absolute atomic E-state index is 0.0713. The molecule has 0 aliphatic carbocycles. The Morgan fingerprint density at radius 3 is 2.86 bits per heavy atom. The summed E-state index contributed by atoms with van der Waals surface area (Å²) in [4.78, 5) is 28.3. The maximum absolute atomic E-state index is 11.9. The van der Waals surface area contributed by atoms with Crippen LogP contribution in [0.3, 0.4) is 0 Å². The molecule has 0 aromatic carbocycles. The third-order valence-electron chi connectivity index (χ3n) is 3.37. The zero-order chi connectivity index (χ0) is 15.4. The average molecular weight is 293 g/mol. The van der Waals surface area contributed by atoms with Gasteiger partial charge in [0.25, 0.3) is 0 Å². The fourth-order valence-corrected chi connectivity index (χ4v) is 2.18. The molecule has 1 aromatic heterocycles. The molecule has 0 bridgehead atoms. The molecular formula is C13H19N5O3. The van der Waals surface area contributed by atoms with Gasteiger partial charge < -0.3 is 15.5 Å². The number of amides is 1. The summed E-state index contributed by atoms with van der Waals surface area (Å²) < 4.78 is 0. The Labute approximate surface area is 122 Å². The largest absolute Gasteiger partial charge is 0.370 e. The minimum atomic E-state index is -0.498. The lowest BCUT2D eigenvalue weighted by molar-refractivity contribution is -0.384. The lowest BCUT2D eigenvalue weighted by Gasteiger charge is -2.14. The lowest BCUT2D eigenvalue weighted by atomic mass is 10.2. The van der Waals surface area contributed by atoms with E-state index in [-0.39, 0.29) is 17.4 Å². The van der Waals surface area contributed by atoms with Gasteiger partial charge in [0.05, 0.1) is 4.92 Å². The molecule has 1 fully saturated rings. The van der Waals surface area contributed by atoms with Crippen molar-refractivity contribution in [1.29, 1.82) is 0 Å². The molecule has 2 rings (SSSR count). The first-order valence-electron chi connectivity index (χ1n) is 6.93. The fourth-order valence-electron chi connectivity index (χ4n) is 2.18. The van der Waals surface area contributed by atoms with Gasteiger partial charge in [-0.05, 0) is 18.9 Å². The summed E-state index contributed by atoms with van der Waals surface area (Å²) >= 11 is 0. The number of carbonyl (C=O) groups is 1. The third kappa shape index (κ3) is 3.39. The molecule has 0 spiro atoms. The van der Waals surface area contributed by atoms with Crippen molar-refractivity contribution in [2.24, 2.45) is 0 Å². The molecule has 2 heterocycles. The Kier molecular flexibility index (Phi) is 4.56. The van der Waals surface area contributed by atoms with Crippen molar-refractivity contribution in [2.45, 2.75) is 25.8 Å². The standard InChI is InChI=1S/C13H19N5O3/c1-3-7-14-11-5-4-10(18(20)21)12(16-11)15-9-6-8-17(2)13(9)19/h4-5,9H,3,6-8H2,1-2H3,(H2,14,15,16). The molecule has 1 aliphatic heterocycles. The van der Waals surface area contributed by atoms with Crippen LogP contribution in [0.25, 0.3) is 0 Å². The van der Waals surface area contributed by atoms with Crippen molar-refractivity contribution >= 4 is 23.2 Å². The number of hydrogen-bond donors (Lipinski definition) is 2. The van der Waals surface area contributed by atoms with Crippen molar-refractivity contribution < 1.29 is 9.72 Å². The monoisotopic (exact) mass is 293 g/mol. The number of aromatic nitrogens is 1. The number of hydrogen-bond acceptors (Lipinski definition) is 6. The number of anilines is 2. The molecular weight excluding hydrogens is 274 g/mol. The van der Waals surface area contributed by atoms with Gasteiger partial charge in [0, 0.05) is 26.2 Å². The molecule has 8 nitrogen and oxygen atoms in total. The van der Waals surface area contributed by atoms with Gasteiger partial charge in [0.15, 0.2) is 0 Å². The SMILES string of the molecule is CCCNc1ccc([N+](=O)[O-])c(NC2CCN(C)C2=O)n1. The Morgan fingerprint density at radius 2 is 2.29 bits per heavy atom. The van der Waals surface area contributed by atoms with Gasteiger partial charge in [0.1, 0.15) is 11.9 Å². The van der Waals surface area contributed by atoms with Crippen LogP contribution in [-0.4, -0.2) is 46.9 Å². The molecule has 1 aromatic rings. The van der Waals surface area contributed by atoms with E-state index in [9.17, 15) is 14.9 Å². The van der Waals surface area contributed by atoms with Crippen molar-refractivity contribution in [1.82, 2.24) is 9.88 Å². The molecule has 1 saturated heterocycles. The highest BCUT2D eigenvalue weighted by atomic mass is 16.6. The number of nitrogens with zero attached hydrogens (tertiary/aromatic N) is 3. The molecule has 1 aliphatic rings. The molecule has 1 amide bonds. The second kappa shape index (κ2) is 6.38. The first kappa shape index (κ1) is 15.0. The predicted octanol–water partition coefficient (Wildman–Crippen LogP) is 1.45. The topological polar surface area (TPSA) is 100 Å². The summed E-state index contributed by atoms with van der Waals surface area (Å²) in [5.74, 6) is 0.622. The van der Waals surface area contributed by atoms with E-state index in [1.165, 1.54) is 6.07 Å². The molecule has 1 atom stereocenters. The van der Waals surface area contributed by atoms with Crippen molar-refractivity contribution in [2.75, 3.05) is 30.8 Å². The number of pyridine rings is 1. The van der Waals surface area contributed by atoms with Crippen LogP contribution in [0.5, 0.6) is 0 Å². The van der Waals surface area contributed by atoms with Gasteiger partial charge in [-0.2, -0.15) is 0 Å². The Bertz CT molecular complexity index is 549. The molecule has 8 heteroatoms. The van der Waals surface area contributed by atoms with Crippen LogP contribution in [0.15, 0.2) is 12.1 Å². The molecule has 2 N–H and O–H groups in total. The summed E-state index contributed by atoms with van der Waals surface area (Å²) in [5.41, 5.74) is -0.126. The fraction of sp³-hybridized carbons (Fsp3) is 0.538. The van der Waals surface area contributed by atoms with Crippen LogP contribution < -0.4 is 10.6 Å². The Morgan fingerprint density at radius 1 is 1.52 bits per heavy atom. The van der Waals surface area contributed by atoms with E-state index in [0.717, 1.165) is 13.0 Å². The Balaban J connectivity index is 2.22. The first-order chi connectivity index (χ1) is 10.0. The van der Waals surface area contributed by atoms with Crippen molar-refractivity contribution in [3.05, 3.63) is 22.2 Å². The second-order valence-corrected chi connectivity index (χ2v) is 4.99. The van der Waals surface area contributed by atoms with Crippen LogP contribution in [0.1, 0.15) is 19.8 Å². The van der Waals surface area contributed by atoms with E-state index in [4.69, 9.17) is 0 Å². The highest BCUT2D eigenvalue weighted by Gasteiger charge is 2.31. The summed E-state index contributed by atoms with van der Waals surface area (Å²) in [5, 5.41) is 17.1. The smallest absolute Gasteiger partial charge is 0.311 e. The summed E-state index contributed by atoms with van der Waals surface area (Å²) in [7, 11) is 1.71. The normalized spacial score (nSPS) is 17.9. The number of likely N-dealkylation sites (tertiary alicyclic amines) is 1. The summed E-state index contributed by atoms with van der Waals surface area (Å²) in [6, 6.07) is 2.51. The number of rotatable bonds is 6. The molecule has 1 unspecified atom stereocenters. The zero-order valence-corrected chi connectivity index (χ0v) is 12.1. The highest BCUT2D eigenvalue weighted by molar-refractivity contribution is 5.87. The number of nitro groups is 1. The van der Waals surface area contributed by atoms with E-state index >= 15 is 0 Å². The van der Waals surface area contributed by atoms with Gasteiger partial charge in [-0.3, -0.25) is 14.9 Å². The maximum Gasteiger partial charge on any atom is 0.311 e. The molecule has 114 valence electrons. The zero-order valence-electron chi connectivity index (χ0n) is 12.1. The number of carbonyl (C=O) groups excluding carboxylic acids is 1. The van der Waals surface area contributed by atoms with Crippen LogP contribution in [-0.2, 0) is 4.79 Å². The van der Waals surface area contributed by atoms with E-state index in [2.05, 4.69) is 15.6 Å². The highest BCUT2D eigenvalue weighted by Crippen LogP contribution is 2.26. The van der Waals surface area contributed by atoms with Gasteiger partial charge in [0.2, 0.25) is 11.7 Å². The van der Waals surface area contributed by atoms with Crippen molar-refractivity contribution in [3.8, 4) is 0 Å². The van der Waals surface area contributed by atoms with Gasteiger partial charge in [-0.25, -0.2) is 4.98 Å². The van der Waals surface area contributed by atoms with Crippen molar-refractivity contribution in [3.63, 3.8) is 0 Å². The van der Waals surface area contributed by atoms with Gasteiger partial charge in [-0.1, -0.05) is 6.92 Å². The summed E-state index contributed by atoms with van der Waals surface area (Å²) in [6.45, 7) is 3.39. The van der Waals surface area contributed by atoms with Crippen LogP contribution >= 0.6 is 0 Å². The van der Waals surface area contributed by atoms with Crippen LogP contribution in [0, 0.1) is 10.1 Å². The van der Waals surface area contributed by atoms with E-state index in [1.54, 1.807) is 18.0 Å². The molecule has 0 radical (unpaired) electrons. The lowest BCUT2D eigenvalue weighted by Crippen LogP contribution is -2.31. The van der Waals surface area contributed by atoms with Gasteiger partial charge >= 0.3 is 5.69 Å². The quantitative estimate of drug-likeness (QED) is 0.608. The average Bonchev–Trinajstić information content (AvgIpc) is 2.77. The summed E-state index contributed by atoms with van der Waals surface area (Å²) in [6.07, 6.45) is 1.54. The second-order valence-electron chi connectivity index (χ2n) is 4.99. The van der Waals surface area contributed by atoms with Crippen LogP contribution in [0.2, 0.25) is 0 Å². The van der Waals surface area contributed by atoms with Crippen LogP contribution in [0.4, 0.5) is 17.3 Å². The van der Waals surface area contributed by atoms with E-state index in [1.807, 2.05) is 6.92 Å². The minimum Gasteiger partial charge on any atom is -0.370 e. The van der Waals surface area contributed by atoms with E-state index < -0.39 is 11.0 Å². The number of likely N-dealkylation sites (N-methyl/N-ethyl adjacent to an activating group) is 1. The maximum atomic E-state index is 11.9.